The van der Waals surface area contributed by atoms with Crippen molar-refractivity contribution < 1.29 is 14.3 Å². The third-order valence-electron chi connectivity index (χ3n) is 4.70. The average Bonchev–Trinajstić information content (AvgIpc) is 2.61. The summed E-state index contributed by atoms with van der Waals surface area (Å²) >= 11 is 0. The van der Waals surface area contributed by atoms with E-state index >= 15 is 0 Å². The summed E-state index contributed by atoms with van der Waals surface area (Å²) in [6.45, 7) is 2.01. The Labute approximate surface area is 142 Å². The van der Waals surface area contributed by atoms with E-state index in [4.69, 9.17) is 4.74 Å². The Morgan fingerprint density at radius 2 is 1.75 bits per heavy atom. The molecule has 0 atom stereocenters. The van der Waals surface area contributed by atoms with Crippen LogP contribution in [0.25, 0.3) is 10.8 Å². The van der Waals surface area contributed by atoms with Crippen molar-refractivity contribution in [2.45, 2.75) is 38.6 Å². The largest absolute Gasteiger partial charge is 0.452 e. The first-order valence-corrected chi connectivity index (χ1v) is 8.57. The molecule has 1 aliphatic rings. The van der Waals surface area contributed by atoms with Crippen molar-refractivity contribution in [2.75, 3.05) is 6.61 Å². The predicted octanol–water partition coefficient (Wildman–Crippen LogP) is 3.69. The van der Waals surface area contributed by atoms with Gasteiger partial charge in [0.2, 0.25) is 0 Å². The van der Waals surface area contributed by atoms with Crippen LogP contribution in [-0.4, -0.2) is 24.5 Å². The van der Waals surface area contributed by atoms with Crippen LogP contribution in [0.4, 0.5) is 0 Å². The van der Waals surface area contributed by atoms with Crippen molar-refractivity contribution >= 4 is 22.6 Å². The van der Waals surface area contributed by atoms with Crippen molar-refractivity contribution in [2.24, 2.45) is 5.92 Å². The van der Waals surface area contributed by atoms with Crippen LogP contribution in [0.2, 0.25) is 0 Å². The molecule has 1 aliphatic carbocycles. The number of carbonyl (C=O) groups is 2. The lowest BCUT2D eigenvalue weighted by molar-refractivity contribution is -0.125. The van der Waals surface area contributed by atoms with Crippen LogP contribution in [-0.2, 0) is 9.53 Å². The number of esters is 1. The Bertz CT molecular complexity index is 732. The SMILES string of the molecule is CC1CCC(NC(=O)COC(=O)c2ccc3ccccc3c2)CC1. The lowest BCUT2D eigenvalue weighted by atomic mass is 9.87. The highest BCUT2D eigenvalue weighted by Gasteiger charge is 2.20. The number of hydrogen-bond donors (Lipinski definition) is 1. The molecule has 0 aliphatic heterocycles. The van der Waals surface area contributed by atoms with Crippen molar-refractivity contribution in [1.29, 1.82) is 0 Å². The van der Waals surface area contributed by atoms with Gasteiger partial charge in [0.1, 0.15) is 0 Å². The number of carbonyl (C=O) groups excluding carboxylic acids is 2. The summed E-state index contributed by atoms with van der Waals surface area (Å²) in [4.78, 5) is 24.1. The van der Waals surface area contributed by atoms with E-state index in [1.807, 2.05) is 30.3 Å². The van der Waals surface area contributed by atoms with Gasteiger partial charge in [-0.05, 0) is 54.5 Å². The molecule has 0 radical (unpaired) electrons. The number of amides is 1. The lowest BCUT2D eigenvalue weighted by Gasteiger charge is -2.26. The molecule has 0 aromatic heterocycles. The van der Waals surface area contributed by atoms with E-state index < -0.39 is 5.97 Å². The number of benzene rings is 2. The summed E-state index contributed by atoms with van der Waals surface area (Å²) in [7, 11) is 0. The van der Waals surface area contributed by atoms with Gasteiger partial charge in [-0.3, -0.25) is 4.79 Å². The molecule has 2 aromatic carbocycles. The van der Waals surface area contributed by atoms with Crippen LogP contribution in [0, 0.1) is 5.92 Å². The highest BCUT2D eigenvalue weighted by molar-refractivity contribution is 5.96. The first kappa shape index (κ1) is 16.5. The Kier molecular flexibility index (Phi) is 5.14. The quantitative estimate of drug-likeness (QED) is 0.872. The molecule has 4 nitrogen and oxygen atoms in total. The molecule has 24 heavy (non-hydrogen) atoms. The molecular weight excluding hydrogens is 302 g/mol. The summed E-state index contributed by atoms with van der Waals surface area (Å²) in [6, 6.07) is 13.4. The van der Waals surface area contributed by atoms with Gasteiger partial charge < -0.3 is 10.1 Å². The zero-order chi connectivity index (χ0) is 16.9. The van der Waals surface area contributed by atoms with Gasteiger partial charge in [-0.15, -0.1) is 0 Å². The minimum Gasteiger partial charge on any atom is -0.452 e. The lowest BCUT2D eigenvalue weighted by Crippen LogP contribution is -2.39. The Hall–Kier alpha value is -2.36. The first-order chi connectivity index (χ1) is 11.6. The van der Waals surface area contributed by atoms with Gasteiger partial charge in [-0.2, -0.15) is 0 Å². The molecule has 1 N–H and O–H groups in total. The van der Waals surface area contributed by atoms with Gasteiger partial charge in [-0.25, -0.2) is 4.79 Å². The van der Waals surface area contributed by atoms with E-state index in [1.54, 1.807) is 12.1 Å². The molecule has 0 spiro atoms. The normalized spacial score (nSPS) is 20.5. The molecule has 1 saturated carbocycles. The fourth-order valence-electron chi connectivity index (χ4n) is 3.20. The highest BCUT2D eigenvalue weighted by atomic mass is 16.5. The second-order valence-electron chi connectivity index (χ2n) is 6.66. The van der Waals surface area contributed by atoms with Crippen LogP contribution in [0.15, 0.2) is 42.5 Å². The summed E-state index contributed by atoms with van der Waals surface area (Å²) in [6.07, 6.45) is 4.29. The minimum atomic E-state index is -0.465. The monoisotopic (exact) mass is 325 g/mol. The van der Waals surface area contributed by atoms with Crippen LogP contribution in [0.1, 0.15) is 43.0 Å². The number of hydrogen-bond acceptors (Lipinski definition) is 3. The Balaban J connectivity index is 1.51. The number of fused-ring (bicyclic) bond motifs is 1. The van der Waals surface area contributed by atoms with E-state index in [0.717, 1.165) is 42.4 Å². The van der Waals surface area contributed by atoms with Crippen LogP contribution >= 0.6 is 0 Å². The Morgan fingerprint density at radius 1 is 1.04 bits per heavy atom. The number of ether oxygens (including phenoxy) is 1. The number of nitrogens with one attached hydrogen (secondary N) is 1. The van der Waals surface area contributed by atoms with Crippen molar-refractivity contribution in [3.63, 3.8) is 0 Å². The third kappa shape index (κ3) is 4.13. The zero-order valence-corrected chi connectivity index (χ0v) is 14.0. The fraction of sp³-hybridized carbons (Fsp3) is 0.400. The predicted molar refractivity (Wildman–Crippen MR) is 93.8 cm³/mol. The summed E-state index contributed by atoms with van der Waals surface area (Å²) in [5, 5.41) is 5.01. The first-order valence-electron chi connectivity index (χ1n) is 8.57. The van der Waals surface area contributed by atoms with Gasteiger partial charge >= 0.3 is 5.97 Å². The maximum absolute atomic E-state index is 12.1. The second kappa shape index (κ2) is 7.47. The fourth-order valence-corrected chi connectivity index (χ4v) is 3.20. The second-order valence-corrected chi connectivity index (χ2v) is 6.66. The smallest absolute Gasteiger partial charge is 0.338 e. The maximum Gasteiger partial charge on any atom is 0.338 e. The zero-order valence-electron chi connectivity index (χ0n) is 14.0. The molecule has 0 bridgehead atoms. The minimum absolute atomic E-state index is 0.216. The van der Waals surface area contributed by atoms with Gasteiger partial charge in [0.05, 0.1) is 5.56 Å². The molecular formula is C20H23NO3. The van der Waals surface area contributed by atoms with Gasteiger partial charge in [-0.1, -0.05) is 37.3 Å². The standard InChI is InChI=1S/C20H23NO3/c1-14-6-10-18(11-7-14)21-19(22)13-24-20(23)17-9-8-15-4-2-3-5-16(15)12-17/h2-5,8-9,12,14,18H,6-7,10-11,13H2,1H3,(H,21,22). The van der Waals surface area contributed by atoms with Gasteiger partial charge in [0.15, 0.2) is 6.61 Å². The van der Waals surface area contributed by atoms with Crippen molar-refractivity contribution in [1.82, 2.24) is 5.32 Å². The van der Waals surface area contributed by atoms with Crippen LogP contribution < -0.4 is 5.32 Å². The molecule has 1 fully saturated rings. The van der Waals surface area contributed by atoms with E-state index in [-0.39, 0.29) is 18.6 Å². The third-order valence-corrected chi connectivity index (χ3v) is 4.70. The average molecular weight is 325 g/mol. The maximum atomic E-state index is 12.1. The Morgan fingerprint density at radius 3 is 2.50 bits per heavy atom. The summed E-state index contributed by atoms with van der Waals surface area (Å²) in [5.41, 5.74) is 0.466. The molecule has 0 saturated heterocycles. The molecule has 3 rings (SSSR count). The molecule has 126 valence electrons. The van der Waals surface area contributed by atoms with E-state index in [9.17, 15) is 9.59 Å². The van der Waals surface area contributed by atoms with E-state index in [1.165, 1.54) is 0 Å². The molecule has 4 heteroatoms. The van der Waals surface area contributed by atoms with E-state index in [2.05, 4.69) is 12.2 Å². The highest BCUT2D eigenvalue weighted by Crippen LogP contribution is 2.23. The topological polar surface area (TPSA) is 55.4 Å². The molecule has 0 unspecified atom stereocenters. The van der Waals surface area contributed by atoms with Crippen LogP contribution in [0.3, 0.4) is 0 Å². The molecule has 2 aromatic rings. The number of rotatable bonds is 4. The van der Waals surface area contributed by atoms with Crippen molar-refractivity contribution in [3.05, 3.63) is 48.0 Å². The van der Waals surface area contributed by atoms with E-state index in [0.29, 0.717) is 5.56 Å². The summed E-state index contributed by atoms with van der Waals surface area (Å²) in [5.74, 6) is 0.0562. The molecule has 1 amide bonds. The van der Waals surface area contributed by atoms with Gasteiger partial charge in [0.25, 0.3) is 5.91 Å². The van der Waals surface area contributed by atoms with Crippen molar-refractivity contribution in [3.8, 4) is 0 Å². The summed E-state index contributed by atoms with van der Waals surface area (Å²) < 4.78 is 5.15. The van der Waals surface area contributed by atoms with Gasteiger partial charge in [0, 0.05) is 6.04 Å². The molecule has 0 heterocycles. The van der Waals surface area contributed by atoms with Crippen LogP contribution in [0.5, 0.6) is 0 Å².